The topological polar surface area (TPSA) is 125 Å². The monoisotopic (exact) mass is 402 g/mol. The van der Waals surface area contributed by atoms with Crippen molar-refractivity contribution in [2.24, 2.45) is 5.73 Å². The van der Waals surface area contributed by atoms with Crippen LogP contribution in [0.5, 0.6) is 11.5 Å². The Morgan fingerprint density at radius 3 is 2.48 bits per heavy atom. The van der Waals surface area contributed by atoms with Gasteiger partial charge >= 0.3 is 6.03 Å². The van der Waals surface area contributed by atoms with Crippen molar-refractivity contribution < 1.29 is 28.6 Å². The normalized spacial score (nSPS) is 19.3. The number of nitrogens with two attached hydrogens (primary N) is 1. The number of carbonyl (C=O) groups is 3. The van der Waals surface area contributed by atoms with Gasteiger partial charge in [0.05, 0.1) is 12.7 Å². The molecule has 0 spiro atoms. The number of nitrogens with zero attached hydrogens (tertiary/aromatic N) is 2. The third-order valence-electron chi connectivity index (χ3n) is 4.57. The number of phenols is 1. The van der Waals surface area contributed by atoms with Gasteiger partial charge in [-0.25, -0.2) is 9.18 Å². The number of anilines is 1. The smallest absolute Gasteiger partial charge is 0.332 e. The Morgan fingerprint density at radius 2 is 1.86 bits per heavy atom. The number of amides is 4. The van der Waals surface area contributed by atoms with Crippen molar-refractivity contribution in [1.82, 2.24) is 10.2 Å². The predicted molar refractivity (Wildman–Crippen MR) is 101 cm³/mol. The summed E-state index contributed by atoms with van der Waals surface area (Å²) in [5.41, 5.74) is 6.25. The summed E-state index contributed by atoms with van der Waals surface area (Å²) in [5, 5.41) is 12.4. The number of imide groups is 1. The molecule has 2 atom stereocenters. The molecule has 0 saturated carbocycles. The molecule has 0 radical (unpaired) electrons. The van der Waals surface area contributed by atoms with Gasteiger partial charge in [-0.2, -0.15) is 0 Å². The van der Waals surface area contributed by atoms with Crippen molar-refractivity contribution in [3.8, 4) is 11.5 Å². The Bertz CT molecular complexity index is 966. The SMILES string of the molecule is COc1ccc(O)c(C(=O)NC2C(=O)N(C)C(=O)N(c3ccc(F)cc3)C2N)c1. The average Bonchev–Trinajstić information content (AvgIpc) is 2.71. The second kappa shape index (κ2) is 7.76. The lowest BCUT2D eigenvalue weighted by atomic mass is 10.1. The van der Waals surface area contributed by atoms with Gasteiger partial charge in [0.1, 0.15) is 29.5 Å². The summed E-state index contributed by atoms with van der Waals surface area (Å²) in [4.78, 5) is 39.7. The molecule has 9 nitrogen and oxygen atoms in total. The number of ether oxygens (including phenoxy) is 1. The van der Waals surface area contributed by atoms with Crippen LogP contribution in [0.25, 0.3) is 0 Å². The predicted octanol–water partition coefficient (Wildman–Crippen LogP) is 1.02. The molecule has 0 aromatic heterocycles. The van der Waals surface area contributed by atoms with Crippen molar-refractivity contribution in [3.63, 3.8) is 0 Å². The lowest BCUT2D eigenvalue weighted by molar-refractivity contribution is -0.130. The Hall–Kier alpha value is -3.66. The van der Waals surface area contributed by atoms with Crippen LogP contribution in [-0.4, -0.2) is 54.2 Å². The maximum Gasteiger partial charge on any atom is 0.332 e. The second-order valence-corrected chi connectivity index (χ2v) is 6.35. The summed E-state index contributed by atoms with van der Waals surface area (Å²) in [5.74, 6) is -2.00. The summed E-state index contributed by atoms with van der Waals surface area (Å²) < 4.78 is 18.3. The maximum atomic E-state index is 13.2. The quantitative estimate of drug-likeness (QED) is 0.701. The zero-order valence-electron chi connectivity index (χ0n) is 15.6. The van der Waals surface area contributed by atoms with Crippen molar-refractivity contribution in [3.05, 3.63) is 53.8 Å². The van der Waals surface area contributed by atoms with Gasteiger partial charge in [0.15, 0.2) is 0 Å². The van der Waals surface area contributed by atoms with E-state index in [0.29, 0.717) is 5.75 Å². The fourth-order valence-electron chi connectivity index (χ4n) is 2.96. The number of hydrogen-bond donors (Lipinski definition) is 3. The molecule has 4 N–H and O–H groups in total. The van der Waals surface area contributed by atoms with Crippen LogP contribution in [0, 0.1) is 5.82 Å². The first-order valence-electron chi connectivity index (χ1n) is 8.54. The van der Waals surface area contributed by atoms with Crippen molar-refractivity contribution in [2.75, 3.05) is 19.1 Å². The zero-order chi connectivity index (χ0) is 21.3. The Morgan fingerprint density at radius 1 is 1.21 bits per heavy atom. The molecule has 1 aliphatic heterocycles. The molecule has 0 aliphatic carbocycles. The molecule has 4 amide bonds. The van der Waals surface area contributed by atoms with Crippen molar-refractivity contribution >= 4 is 23.5 Å². The van der Waals surface area contributed by atoms with Gasteiger partial charge < -0.3 is 20.9 Å². The Labute approximate surface area is 165 Å². The van der Waals surface area contributed by atoms with Crippen LogP contribution in [0.1, 0.15) is 10.4 Å². The summed E-state index contributed by atoms with van der Waals surface area (Å²) in [6, 6.07) is 6.98. The lowest BCUT2D eigenvalue weighted by Crippen LogP contribution is -2.71. The van der Waals surface area contributed by atoms with Gasteiger partial charge in [-0.1, -0.05) is 0 Å². The third-order valence-corrected chi connectivity index (χ3v) is 4.57. The standard InChI is InChI=1S/C19H19FN4O5/c1-23-18(27)15(22-17(26)13-9-12(29-2)7-8-14(13)25)16(21)24(19(23)28)11-5-3-10(20)4-6-11/h3-9,15-16,25H,21H2,1-2H3,(H,22,26). The van der Waals surface area contributed by atoms with Gasteiger partial charge in [-0.05, 0) is 42.5 Å². The highest BCUT2D eigenvalue weighted by atomic mass is 19.1. The minimum absolute atomic E-state index is 0.128. The molecule has 1 heterocycles. The number of urea groups is 1. The highest BCUT2D eigenvalue weighted by molar-refractivity contribution is 6.10. The number of likely N-dealkylation sites (N-methyl/N-ethyl adjacent to an activating group) is 1. The zero-order valence-corrected chi connectivity index (χ0v) is 15.6. The highest BCUT2D eigenvalue weighted by Gasteiger charge is 2.44. The lowest BCUT2D eigenvalue weighted by Gasteiger charge is -2.41. The fourth-order valence-corrected chi connectivity index (χ4v) is 2.96. The molecule has 152 valence electrons. The van der Waals surface area contributed by atoms with Gasteiger partial charge in [0.25, 0.3) is 11.8 Å². The van der Waals surface area contributed by atoms with Crippen LogP contribution in [-0.2, 0) is 4.79 Å². The van der Waals surface area contributed by atoms with E-state index in [1.54, 1.807) is 0 Å². The van der Waals surface area contributed by atoms with Crippen LogP contribution in [0.4, 0.5) is 14.9 Å². The summed E-state index contributed by atoms with van der Waals surface area (Å²) in [6.45, 7) is 0. The summed E-state index contributed by atoms with van der Waals surface area (Å²) in [6.07, 6.45) is -1.26. The number of benzene rings is 2. The third kappa shape index (κ3) is 3.69. The molecular formula is C19H19FN4O5. The van der Waals surface area contributed by atoms with E-state index in [1.165, 1.54) is 44.5 Å². The van der Waals surface area contributed by atoms with E-state index in [4.69, 9.17) is 10.5 Å². The van der Waals surface area contributed by atoms with Crippen molar-refractivity contribution in [2.45, 2.75) is 12.2 Å². The summed E-state index contributed by atoms with van der Waals surface area (Å²) >= 11 is 0. The molecule has 10 heteroatoms. The number of rotatable bonds is 4. The Kier molecular flexibility index (Phi) is 5.37. The van der Waals surface area contributed by atoms with Crippen LogP contribution in [0.2, 0.25) is 0 Å². The average molecular weight is 402 g/mol. The van der Waals surface area contributed by atoms with E-state index >= 15 is 0 Å². The number of hydrogen-bond acceptors (Lipinski definition) is 6. The van der Waals surface area contributed by atoms with E-state index in [1.807, 2.05) is 0 Å². The van der Waals surface area contributed by atoms with Crippen LogP contribution in [0.3, 0.4) is 0 Å². The van der Waals surface area contributed by atoms with E-state index in [0.717, 1.165) is 21.9 Å². The first-order valence-corrected chi connectivity index (χ1v) is 8.54. The van der Waals surface area contributed by atoms with Crippen LogP contribution < -0.4 is 20.7 Å². The number of aromatic hydroxyl groups is 1. The maximum absolute atomic E-state index is 13.2. The van der Waals surface area contributed by atoms with Crippen LogP contribution >= 0.6 is 0 Å². The molecular weight excluding hydrogens is 383 g/mol. The first-order chi connectivity index (χ1) is 13.7. The number of nitrogens with one attached hydrogen (secondary N) is 1. The molecule has 1 aliphatic rings. The second-order valence-electron chi connectivity index (χ2n) is 6.35. The van der Waals surface area contributed by atoms with E-state index in [9.17, 15) is 23.9 Å². The first kappa shape index (κ1) is 20.1. The number of carbonyl (C=O) groups excluding carboxylic acids is 3. The summed E-state index contributed by atoms with van der Waals surface area (Å²) in [7, 11) is 2.64. The van der Waals surface area contributed by atoms with Gasteiger partial charge in [0, 0.05) is 12.7 Å². The number of methoxy groups -OCH3 is 1. The van der Waals surface area contributed by atoms with Gasteiger partial charge in [0.2, 0.25) is 0 Å². The van der Waals surface area contributed by atoms with Gasteiger partial charge in [-0.3, -0.25) is 19.4 Å². The molecule has 2 aromatic carbocycles. The van der Waals surface area contributed by atoms with E-state index < -0.39 is 35.9 Å². The molecule has 0 bridgehead atoms. The fraction of sp³-hybridized carbons (Fsp3) is 0.211. The van der Waals surface area contributed by atoms with Gasteiger partial charge in [-0.15, -0.1) is 0 Å². The molecule has 1 saturated heterocycles. The minimum atomic E-state index is -1.30. The van der Waals surface area contributed by atoms with Crippen LogP contribution in [0.15, 0.2) is 42.5 Å². The molecule has 3 rings (SSSR count). The molecule has 1 fully saturated rings. The Balaban J connectivity index is 1.91. The molecule has 2 unspecified atom stereocenters. The highest BCUT2D eigenvalue weighted by Crippen LogP contribution is 2.25. The largest absolute Gasteiger partial charge is 0.507 e. The minimum Gasteiger partial charge on any atom is -0.507 e. The molecule has 29 heavy (non-hydrogen) atoms. The number of halogens is 1. The van der Waals surface area contributed by atoms with Crippen molar-refractivity contribution in [1.29, 1.82) is 0 Å². The van der Waals surface area contributed by atoms with E-state index in [-0.39, 0.29) is 17.0 Å². The molecule has 2 aromatic rings. The van der Waals surface area contributed by atoms with E-state index in [2.05, 4.69) is 5.32 Å². The number of phenolic OH excluding ortho intramolecular Hbond substituents is 1.